The number of carbonyl (C=O) groups is 1. The lowest BCUT2D eigenvalue weighted by molar-refractivity contribution is -0.385. The Hall–Kier alpha value is -4.85. The minimum Gasteiger partial charge on any atom is -0.494 e. The summed E-state index contributed by atoms with van der Waals surface area (Å²) in [5, 5.41) is 30.3. The third kappa shape index (κ3) is 4.77. The van der Waals surface area contributed by atoms with Gasteiger partial charge < -0.3 is 10.5 Å². The highest BCUT2D eigenvalue weighted by Gasteiger charge is 2.25. The van der Waals surface area contributed by atoms with Gasteiger partial charge in [0.15, 0.2) is 5.69 Å². The van der Waals surface area contributed by atoms with Gasteiger partial charge in [-0.1, -0.05) is 22.9 Å². The van der Waals surface area contributed by atoms with Gasteiger partial charge in [0.2, 0.25) is 11.6 Å². The average Bonchev–Trinajstić information content (AvgIpc) is 3.46. The van der Waals surface area contributed by atoms with E-state index in [2.05, 4.69) is 35.8 Å². The topological polar surface area (TPSA) is 189 Å². The second kappa shape index (κ2) is 9.96. The van der Waals surface area contributed by atoms with Gasteiger partial charge in [0, 0.05) is 11.6 Å². The van der Waals surface area contributed by atoms with Crippen LogP contribution in [-0.2, 0) is 0 Å². The Morgan fingerprint density at radius 2 is 2.09 bits per heavy atom. The van der Waals surface area contributed by atoms with Crippen molar-refractivity contribution in [1.82, 2.24) is 30.7 Å². The normalized spacial score (nSPS) is 11.0. The number of anilines is 1. The zero-order chi connectivity index (χ0) is 24.9. The van der Waals surface area contributed by atoms with Crippen LogP contribution in [0.25, 0.3) is 17.1 Å². The minimum absolute atomic E-state index is 0.0237. The molecular formula is C20H16ClN9O5. The molecule has 2 aromatic heterocycles. The zero-order valence-corrected chi connectivity index (χ0v) is 18.7. The fraction of sp³-hybridized carbons (Fsp3) is 0.100. The van der Waals surface area contributed by atoms with Crippen LogP contribution in [-0.4, -0.2) is 49.0 Å². The van der Waals surface area contributed by atoms with Crippen LogP contribution in [0, 0.1) is 10.1 Å². The number of benzene rings is 2. The van der Waals surface area contributed by atoms with Crippen LogP contribution >= 0.6 is 11.6 Å². The molecule has 1 amide bonds. The molecule has 0 unspecified atom stereocenters. The van der Waals surface area contributed by atoms with Gasteiger partial charge >= 0.3 is 0 Å². The molecule has 178 valence electrons. The van der Waals surface area contributed by atoms with Gasteiger partial charge in [-0.05, 0) is 47.6 Å². The fourth-order valence-corrected chi connectivity index (χ4v) is 3.29. The zero-order valence-electron chi connectivity index (χ0n) is 18.0. The maximum absolute atomic E-state index is 12.9. The number of ether oxygens (including phenoxy) is 1. The molecule has 4 rings (SSSR count). The third-order valence-electron chi connectivity index (χ3n) is 4.61. The summed E-state index contributed by atoms with van der Waals surface area (Å²) in [7, 11) is 0. The number of carbonyl (C=O) groups excluding carboxylic acids is 1. The number of nitrogens with zero attached hydrogens (tertiary/aromatic N) is 7. The average molecular weight is 498 g/mol. The lowest BCUT2D eigenvalue weighted by Crippen LogP contribution is -2.19. The Balaban J connectivity index is 1.69. The number of nitro groups is 1. The molecule has 0 bridgehead atoms. The van der Waals surface area contributed by atoms with Crippen LogP contribution in [0.15, 0.2) is 52.2 Å². The van der Waals surface area contributed by atoms with Gasteiger partial charge in [0.1, 0.15) is 11.4 Å². The number of halogens is 1. The van der Waals surface area contributed by atoms with Gasteiger partial charge in [-0.15, -0.1) is 5.10 Å². The number of nitrogen functional groups attached to an aromatic ring is 1. The van der Waals surface area contributed by atoms with E-state index in [0.717, 1.165) is 6.21 Å². The van der Waals surface area contributed by atoms with Crippen molar-refractivity contribution in [1.29, 1.82) is 0 Å². The molecule has 0 aliphatic carbocycles. The summed E-state index contributed by atoms with van der Waals surface area (Å²) in [6.45, 7) is 2.34. The Morgan fingerprint density at radius 3 is 2.74 bits per heavy atom. The van der Waals surface area contributed by atoms with Crippen molar-refractivity contribution in [3.63, 3.8) is 0 Å². The van der Waals surface area contributed by atoms with Crippen LogP contribution in [0.1, 0.15) is 23.0 Å². The maximum Gasteiger partial charge on any atom is 0.294 e. The molecule has 0 fully saturated rings. The van der Waals surface area contributed by atoms with E-state index in [0.29, 0.717) is 17.9 Å². The van der Waals surface area contributed by atoms with Crippen LogP contribution < -0.4 is 15.9 Å². The van der Waals surface area contributed by atoms with Crippen LogP contribution in [0.4, 0.5) is 11.5 Å². The van der Waals surface area contributed by atoms with Crippen molar-refractivity contribution < 1.29 is 19.1 Å². The van der Waals surface area contributed by atoms with Gasteiger partial charge in [-0.25, -0.2) is 10.1 Å². The molecule has 2 heterocycles. The van der Waals surface area contributed by atoms with Crippen LogP contribution in [0.5, 0.6) is 5.75 Å². The molecular weight excluding hydrogens is 482 g/mol. The third-order valence-corrected chi connectivity index (χ3v) is 4.94. The molecule has 3 N–H and O–H groups in total. The Morgan fingerprint density at radius 1 is 1.31 bits per heavy atom. The summed E-state index contributed by atoms with van der Waals surface area (Å²) in [5.74, 6) is -0.190. The number of nitrogens with two attached hydrogens (primary N) is 1. The smallest absolute Gasteiger partial charge is 0.294 e. The molecule has 15 heteroatoms. The Labute approximate surface area is 201 Å². The lowest BCUT2D eigenvalue weighted by Gasteiger charge is -2.07. The molecule has 0 spiro atoms. The second-order valence-corrected chi connectivity index (χ2v) is 7.16. The summed E-state index contributed by atoms with van der Waals surface area (Å²) in [6.07, 6.45) is 1.07. The SMILES string of the molecule is CCOc1ccc(-c2c(C(=O)N/N=C/c3c(Cl)cccc3[N+](=O)[O-])nnn2-c2nonc2N)cc1. The molecule has 0 aliphatic heterocycles. The van der Waals surface area contributed by atoms with E-state index in [1.807, 2.05) is 6.92 Å². The molecule has 4 aromatic rings. The first-order valence-electron chi connectivity index (χ1n) is 9.94. The summed E-state index contributed by atoms with van der Waals surface area (Å²) in [6, 6.07) is 11.0. The summed E-state index contributed by atoms with van der Waals surface area (Å²) in [5.41, 5.74) is 8.43. The highest BCUT2D eigenvalue weighted by Crippen LogP contribution is 2.28. The van der Waals surface area contributed by atoms with E-state index >= 15 is 0 Å². The van der Waals surface area contributed by atoms with Crippen LogP contribution in [0.3, 0.4) is 0 Å². The van der Waals surface area contributed by atoms with Crippen molar-refractivity contribution in [2.75, 3.05) is 12.3 Å². The van der Waals surface area contributed by atoms with E-state index in [1.54, 1.807) is 24.3 Å². The molecule has 0 aliphatic rings. The Bertz CT molecular complexity index is 1410. The number of hydrogen-bond acceptors (Lipinski definition) is 11. The van der Waals surface area contributed by atoms with Gasteiger partial charge in [0.25, 0.3) is 11.6 Å². The quantitative estimate of drug-likeness (QED) is 0.208. The van der Waals surface area contributed by atoms with E-state index in [9.17, 15) is 14.9 Å². The number of amides is 1. The predicted molar refractivity (Wildman–Crippen MR) is 123 cm³/mol. The molecule has 0 atom stereocenters. The van der Waals surface area contributed by atoms with E-state index in [4.69, 9.17) is 22.1 Å². The summed E-state index contributed by atoms with van der Waals surface area (Å²) in [4.78, 5) is 23.6. The lowest BCUT2D eigenvalue weighted by atomic mass is 10.1. The maximum atomic E-state index is 12.9. The van der Waals surface area contributed by atoms with Crippen molar-refractivity contribution in [3.8, 4) is 22.8 Å². The molecule has 0 radical (unpaired) electrons. The highest BCUT2D eigenvalue weighted by atomic mass is 35.5. The summed E-state index contributed by atoms with van der Waals surface area (Å²) < 4.78 is 11.3. The number of rotatable bonds is 8. The Kier molecular flexibility index (Phi) is 6.64. The monoisotopic (exact) mass is 497 g/mol. The first kappa shape index (κ1) is 23.3. The summed E-state index contributed by atoms with van der Waals surface area (Å²) >= 11 is 6.04. The van der Waals surface area contributed by atoms with Crippen molar-refractivity contribution in [2.24, 2.45) is 5.10 Å². The first-order chi connectivity index (χ1) is 16.9. The minimum atomic E-state index is -0.763. The van der Waals surface area contributed by atoms with E-state index in [1.165, 1.54) is 22.9 Å². The fourth-order valence-electron chi connectivity index (χ4n) is 3.08. The van der Waals surface area contributed by atoms with Gasteiger partial charge in [-0.2, -0.15) is 9.78 Å². The standard InChI is InChI=1S/C20H16ClN9O5/c1-2-34-12-8-6-11(7-9-12)17-16(24-28-29(17)19-18(22)26-35-27-19)20(31)25-23-10-13-14(21)4-3-5-15(13)30(32)33/h3-10H,2H2,1H3,(H2,22,26)(H,25,31)/b23-10+. The molecule has 0 saturated carbocycles. The highest BCUT2D eigenvalue weighted by molar-refractivity contribution is 6.33. The molecule has 14 nitrogen and oxygen atoms in total. The van der Waals surface area contributed by atoms with Crippen molar-refractivity contribution in [3.05, 3.63) is 68.9 Å². The first-order valence-corrected chi connectivity index (χ1v) is 10.3. The number of hydrazone groups is 1. The number of hydrogen-bond donors (Lipinski definition) is 2. The van der Waals surface area contributed by atoms with E-state index in [-0.39, 0.29) is 39.3 Å². The van der Waals surface area contributed by atoms with Crippen molar-refractivity contribution in [2.45, 2.75) is 6.92 Å². The molecule has 2 aromatic carbocycles. The second-order valence-electron chi connectivity index (χ2n) is 6.76. The van der Waals surface area contributed by atoms with E-state index < -0.39 is 10.8 Å². The van der Waals surface area contributed by atoms with Crippen molar-refractivity contribution >= 4 is 35.2 Å². The molecule has 0 saturated heterocycles. The van der Waals surface area contributed by atoms with Crippen LogP contribution in [0.2, 0.25) is 5.02 Å². The van der Waals surface area contributed by atoms with Gasteiger partial charge in [0.05, 0.1) is 28.3 Å². The van der Waals surface area contributed by atoms with Gasteiger partial charge in [-0.3, -0.25) is 14.9 Å². The largest absolute Gasteiger partial charge is 0.494 e. The number of nitro benzene ring substituents is 1. The number of aromatic nitrogens is 5. The predicted octanol–water partition coefficient (Wildman–Crippen LogP) is 2.62. The number of nitrogens with one attached hydrogen (secondary N) is 1. The molecule has 35 heavy (non-hydrogen) atoms.